The second kappa shape index (κ2) is 17.7. The van der Waals surface area contributed by atoms with Gasteiger partial charge in [0.2, 0.25) is 0 Å². The maximum Gasteiger partial charge on any atom is 0.348 e. The van der Waals surface area contributed by atoms with Gasteiger partial charge in [0.1, 0.15) is 0 Å². The lowest BCUT2D eigenvalue weighted by molar-refractivity contribution is 0.256. The van der Waals surface area contributed by atoms with E-state index in [0.29, 0.717) is 76.0 Å². The first-order valence-electron chi connectivity index (χ1n) is 19.7. The van der Waals surface area contributed by atoms with Crippen LogP contribution in [0.5, 0.6) is 0 Å². The molecule has 2 saturated heterocycles. The van der Waals surface area contributed by atoms with Gasteiger partial charge in [0, 0.05) is 0 Å². The maximum absolute atomic E-state index is 14.5. The quantitative estimate of drug-likeness (QED) is 0.128. The molecule has 5 rings (SSSR count). The Morgan fingerprint density at radius 3 is 1.24 bits per heavy atom. The number of hydrogen-bond acceptors (Lipinski definition) is 12. The van der Waals surface area contributed by atoms with Crippen LogP contribution < -0.4 is 0 Å². The second-order valence-corrected chi connectivity index (χ2v) is 31.2. The molecule has 2 aliphatic heterocycles. The van der Waals surface area contributed by atoms with Gasteiger partial charge < -0.3 is 0 Å². The number of rotatable bonds is 17. The molecule has 2 heterocycles. The van der Waals surface area contributed by atoms with E-state index in [1.54, 1.807) is 0 Å². The van der Waals surface area contributed by atoms with Crippen LogP contribution in [0.2, 0.25) is 0 Å². The molecule has 5 aliphatic rings. The molecule has 0 amide bonds. The average Bonchev–Trinajstić information content (AvgIpc) is 3.79. The molecule has 0 spiro atoms. The van der Waals surface area contributed by atoms with Gasteiger partial charge in [-0.1, -0.05) is 79.6 Å². The highest BCUT2D eigenvalue weighted by molar-refractivity contribution is 7.81. The lowest BCUT2D eigenvalue weighted by atomic mass is 9.92. The zero-order valence-corrected chi connectivity index (χ0v) is 36.8. The largest absolute Gasteiger partial charge is 0.348 e. The molecule has 3 saturated carbocycles. The molecule has 0 radical (unpaired) electrons. The Balaban J connectivity index is 1.17. The Labute approximate surface area is 307 Å². The Morgan fingerprint density at radius 2 is 0.843 bits per heavy atom. The van der Waals surface area contributed by atoms with E-state index >= 15 is 0 Å². The molecule has 0 aromatic heterocycles. The van der Waals surface area contributed by atoms with Crippen LogP contribution in [0.3, 0.4) is 0 Å². The zero-order valence-electron chi connectivity index (χ0n) is 31.5. The normalized spacial score (nSPS) is 41.9. The minimum Gasteiger partial charge on any atom is -0.259 e. The molecule has 7 atom stereocenters. The molecule has 18 heteroatoms. The van der Waals surface area contributed by atoms with Gasteiger partial charge in [0.15, 0.2) is 0 Å². The van der Waals surface area contributed by atoms with Crippen LogP contribution in [0, 0.1) is 23.7 Å². The first-order chi connectivity index (χ1) is 23.9. The lowest BCUT2D eigenvalue weighted by Gasteiger charge is -2.40. The van der Waals surface area contributed by atoms with E-state index in [1.165, 1.54) is 0 Å². The molecule has 51 heavy (non-hydrogen) atoms. The Bertz CT molecular complexity index is 1390. The van der Waals surface area contributed by atoms with Gasteiger partial charge in [-0.05, 0) is 94.3 Å². The Morgan fingerprint density at radius 1 is 0.471 bits per heavy atom. The van der Waals surface area contributed by atoms with Crippen molar-refractivity contribution in [3.05, 3.63) is 0 Å². The summed E-state index contributed by atoms with van der Waals surface area (Å²) in [7, 11) is -23.4. The van der Waals surface area contributed by atoms with E-state index in [-0.39, 0.29) is 41.6 Å². The summed E-state index contributed by atoms with van der Waals surface area (Å²) in [5.41, 5.74) is -1.27. The molecule has 3 aliphatic carbocycles. The fourth-order valence-electron chi connectivity index (χ4n) is 8.48. The molecule has 0 aromatic carbocycles. The highest BCUT2D eigenvalue weighted by Crippen LogP contribution is 2.88. The van der Waals surface area contributed by atoms with Gasteiger partial charge in [-0.2, -0.15) is 0 Å². The van der Waals surface area contributed by atoms with Gasteiger partial charge >= 0.3 is 45.6 Å². The third-order valence-electron chi connectivity index (χ3n) is 11.2. The van der Waals surface area contributed by atoms with E-state index in [1.807, 2.05) is 0 Å². The van der Waals surface area contributed by atoms with Crippen molar-refractivity contribution in [1.29, 1.82) is 0 Å². The van der Waals surface area contributed by atoms with Crippen molar-refractivity contribution in [3.8, 4) is 0 Å². The summed E-state index contributed by atoms with van der Waals surface area (Å²) in [5.74, 6) is 1.17. The fourth-order valence-corrected chi connectivity index (χ4v) is 29.0. The topological polar surface area (TPSA) is 158 Å². The molecule has 12 nitrogen and oxygen atoms in total. The van der Waals surface area contributed by atoms with Gasteiger partial charge in [0.25, 0.3) is 0 Å². The van der Waals surface area contributed by atoms with Gasteiger partial charge in [-0.3, -0.25) is 27.4 Å². The summed E-state index contributed by atoms with van der Waals surface area (Å²) in [5, 5.41) is 0. The van der Waals surface area contributed by atoms with E-state index in [4.69, 9.17) is 25.9 Å². The average molecular weight is 839 g/mol. The first-order valence-corrected chi connectivity index (χ1v) is 29.7. The lowest BCUT2D eigenvalue weighted by Crippen LogP contribution is -2.21. The van der Waals surface area contributed by atoms with Crippen LogP contribution in [0.1, 0.15) is 150 Å². The van der Waals surface area contributed by atoms with Crippen molar-refractivity contribution in [2.24, 2.45) is 23.7 Å². The minimum atomic E-state index is -3.98. The van der Waals surface area contributed by atoms with E-state index in [9.17, 15) is 27.4 Å². The smallest absolute Gasteiger partial charge is 0.259 e. The van der Waals surface area contributed by atoms with Crippen molar-refractivity contribution < 1.29 is 53.3 Å². The molecule has 0 aromatic rings. The summed E-state index contributed by atoms with van der Waals surface area (Å²) in [6, 6.07) is 0. The van der Waals surface area contributed by atoms with Gasteiger partial charge in [-0.25, -0.2) is 25.9 Å². The van der Waals surface area contributed by atoms with Crippen LogP contribution >= 0.6 is 45.6 Å². The summed E-state index contributed by atoms with van der Waals surface area (Å²) >= 11 is 0. The molecule has 5 fully saturated rings. The van der Waals surface area contributed by atoms with Gasteiger partial charge in [-0.15, -0.1) is 0 Å². The van der Waals surface area contributed by atoms with Crippen molar-refractivity contribution in [2.75, 3.05) is 18.5 Å². The highest BCUT2D eigenvalue weighted by atomic mass is 31.3. The van der Waals surface area contributed by atoms with E-state index in [0.717, 1.165) is 51.4 Å². The van der Waals surface area contributed by atoms with Crippen molar-refractivity contribution in [3.63, 3.8) is 0 Å². The maximum atomic E-state index is 14.5. The summed E-state index contributed by atoms with van der Waals surface area (Å²) in [6.07, 6.45) is 12.8. The molecular formula is C33H64O12P6. The SMILES string of the molecule is CC(C)CCCP1(=O)OP(=O)(CCCC(C)C)OP(=O)(CCCC(C)CC2CCC(P3(=O)OP(=O)(C4CCCC4)OP(=O)(C4CCCC4)O3)C2)O1. The van der Waals surface area contributed by atoms with Crippen LogP contribution in [0.15, 0.2) is 0 Å². The van der Waals surface area contributed by atoms with Gasteiger partial charge in [0.05, 0.1) is 35.5 Å². The number of hydrogen-bond donors (Lipinski definition) is 0. The Hall–Kier alpha value is 1.14. The molecular weight excluding hydrogens is 774 g/mol. The predicted octanol–water partition coefficient (Wildman–Crippen LogP) is 14.0. The minimum absolute atomic E-state index is 0.000117. The third-order valence-corrected chi connectivity index (χ3v) is 29.4. The van der Waals surface area contributed by atoms with Crippen LogP contribution in [0.25, 0.3) is 0 Å². The van der Waals surface area contributed by atoms with Crippen LogP contribution in [-0.2, 0) is 53.3 Å². The van der Waals surface area contributed by atoms with Crippen molar-refractivity contribution >= 4 is 45.6 Å². The molecule has 7 unspecified atom stereocenters. The van der Waals surface area contributed by atoms with Crippen molar-refractivity contribution in [1.82, 2.24) is 0 Å². The Kier molecular flexibility index (Phi) is 15.0. The fraction of sp³-hybridized carbons (Fsp3) is 1.00. The summed E-state index contributed by atoms with van der Waals surface area (Å²) in [6.45, 7) is 10.4. The molecule has 0 bridgehead atoms. The first kappa shape index (κ1) is 43.3. The van der Waals surface area contributed by atoms with Crippen molar-refractivity contribution in [2.45, 2.75) is 167 Å². The monoisotopic (exact) mass is 838 g/mol. The molecule has 0 N–H and O–H groups in total. The second-order valence-electron chi connectivity index (χ2n) is 16.9. The van der Waals surface area contributed by atoms with E-state index in [2.05, 4.69) is 34.6 Å². The van der Waals surface area contributed by atoms with Crippen LogP contribution in [-0.4, -0.2) is 35.5 Å². The van der Waals surface area contributed by atoms with Crippen LogP contribution in [0.4, 0.5) is 0 Å². The third kappa shape index (κ3) is 11.6. The summed E-state index contributed by atoms with van der Waals surface area (Å²) in [4.78, 5) is 0. The summed E-state index contributed by atoms with van der Waals surface area (Å²) < 4.78 is 119. The standard InChI is InChI=1S/C33H64O12P6/c1-27(2)13-10-22-46(34)40-47(35,23-11-14-28(3)4)42-48(36,41-46)24-12-15-29(5)25-30-20-21-33(26-30)51(39)44-49(37,31-16-6-7-17-31)43-50(38,45-51)32-18-8-9-19-32/h27-33H,6-26H2,1-5H3. The van der Waals surface area contributed by atoms with E-state index < -0.39 is 51.2 Å². The molecule has 298 valence electrons. The zero-order chi connectivity index (χ0) is 37.1. The predicted molar refractivity (Wildman–Crippen MR) is 204 cm³/mol. The highest BCUT2D eigenvalue weighted by Gasteiger charge is 2.61.